The van der Waals surface area contributed by atoms with Crippen LogP contribution in [0.5, 0.6) is 0 Å². The molecule has 0 radical (unpaired) electrons. The number of amides is 1. The molecule has 0 aliphatic carbocycles. The summed E-state index contributed by atoms with van der Waals surface area (Å²) in [5, 5.41) is 7.45. The molecule has 0 aliphatic rings. The first-order valence-corrected chi connectivity index (χ1v) is 6.40. The lowest BCUT2D eigenvalue weighted by Crippen LogP contribution is -2.26. The standard InChI is InChI=1S/C14H14ClN3O2/c1-10(13-7-4-8-20-13)17-18-14(19)9-16-12-6-3-2-5-11(12)15/h2-8,16H,9H2,1H3,(H,18,19)/b17-10-. The first kappa shape index (κ1) is 14.1. The van der Waals surface area contributed by atoms with E-state index in [9.17, 15) is 4.79 Å². The number of hydrogen-bond acceptors (Lipinski definition) is 4. The predicted molar refractivity (Wildman–Crippen MR) is 79.0 cm³/mol. The Balaban J connectivity index is 1.84. The third-order valence-corrected chi connectivity index (χ3v) is 2.87. The van der Waals surface area contributed by atoms with Gasteiger partial charge in [-0.15, -0.1) is 0 Å². The normalized spacial score (nSPS) is 11.2. The fourth-order valence-electron chi connectivity index (χ4n) is 1.51. The molecule has 1 aromatic heterocycles. The molecule has 6 heteroatoms. The molecule has 0 fully saturated rings. The van der Waals surface area contributed by atoms with Crippen LogP contribution in [0.4, 0.5) is 5.69 Å². The third-order valence-electron chi connectivity index (χ3n) is 2.54. The third kappa shape index (κ3) is 3.86. The second kappa shape index (κ2) is 6.77. The zero-order valence-corrected chi connectivity index (χ0v) is 11.6. The number of para-hydroxylation sites is 1. The van der Waals surface area contributed by atoms with Crippen LogP contribution in [0.25, 0.3) is 0 Å². The molecule has 2 rings (SSSR count). The van der Waals surface area contributed by atoms with Crippen LogP contribution in [0, 0.1) is 0 Å². The number of hydrazone groups is 1. The van der Waals surface area contributed by atoms with Gasteiger partial charge in [0.2, 0.25) is 0 Å². The van der Waals surface area contributed by atoms with Crippen molar-refractivity contribution in [3.63, 3.8) is 0 Å². The average Bonchev–Trinajstić information content (AvgIpc) is 2.98. The summed E-state index contributed by atoms with van der Waals surface area (Å²) >= 11 is 5.97. The zero-order chi connectivity index (χ0) is 14.4. The van der Waals surface area contributed by atoms with Gasteiger partial charge in [-0.3, -0.25) is 4.79 Å². The number of furan rings is 1. The molecule has 0 aliphatic heterocycles. The maximum atomic E-state index is 11.6. The topological polar surface area (TPSA) is 66.6 Å². The van der Waals surface area contributed by atoms with Gasteiger partial charge in [-0.25, -0.2) is 5.43 Å². The van der Waals surface area contributed by atoms with Gasteiger partial charge in [-0.05, 0) is 31.2 Å². The van der Waals surface area contributed by atoms with Crippen molar-refractivity contribution in [1.82, 2.24) is 5.43 Å². The molecule has 0 bridgehead atoms. The molecule has 0 saturated carbocycles. The van der Waals surface area contributed by atoms with E-state index in [0.717, 1.165) is 0 Å². The van der Waals surface area contributed by atoms with Crippen LogP contribution in [-0.2, 0) is 4.79 Å². The van der Waals surface area contributed by atoms with Crippen LogP contribution in [0.2, 0.25) is 5.02 Å². The zero-order valence-electron chi connectivity index (χ0n) is 10.9. The number of anilines is 1. The van der Waals surface area contributed by atoms with Crippen molar-refractivity contribution >= 4 is 28.9 Å². The van der Waals surface area contributed by atoms with Gasteiger partial charge in [0.15, 0.2) is 0 Å². The molecule has 104 valence electrons. The first-order valence-electron chi connectivity index (χ1n) is 6.02. The van der Waals surface area contributed by atoms with E-state index in [2.05, 4.69) is 15.8 Å². The Morgan fingerprint density at radius 1 is 1.30 bits per heavy atom. The monoisotopic (exact) mass is 291 g/mol. The Bertz CT molecular complexity index is 609. The summed E-state index contributed by atoms with van der Waals surface area (Å²) in [5.41, 5.74) is 3.75. The van der Waals surface area contributed by atoms with Gasteiger partial charge in [0, 0.05) is 0 Å². The fourth-order valence-corrected chi connectivity index (χ4v) is 1.71. The molecule has 0 unspecified atom stereocenters. The minimum atomic E-state index is -0.268. The summed E-state index contributed by atoms with van der Waals surface area (Å²) in [4.78, 5) is 11.6. The summed E-state index contributed by atoms with van der Waals surface area (Å²) in [6, 6.07) is 10.7. The van der Waals surface area contributed by atoms with Crippen molar-refractivity contribution in [2.24, 2.45) is 5.10 Å². The molecule has 0 atom stereocenters. The highest BCUT2D eigenvalue weighted by molar-refractivity contribution is 6.33. The number of rotatable bonds is 5. The molecule has 20 heavy (non-hydrogen) atoms. The number of nitrogens with one attached hydrogen (secondary N) is 2. The minimum absolute atomic E-state index is 0.0820. The number of hydrogen-bond donors (Lipinski definition) is 2. The molecule has 5 nitrogen and oxygen atoms in total. The summed E-state index contributed by atoms with van der Waals surface area (Å²) in [6.45, 7) is 1.83. The van der Waals surface area contributed by atoms with Crippen molar-refractivity contribution in [3.8, 4) is 0 Å². The highest BCUT2D eigenvalue weighted by Gasteiger charge is 2.04. The number of halogens is 1. The first-order chi connectivity index (χ1) is 9.66. The molecule has 0 saturated heterocycles. The van der Waals surface area contributed by atoms with Crippen molar-refractivity contribution in [1.29, 1.82) is 0 Å². The largest absolute Gasteiger partial charge is 0.463 e. The van der Waals surface area contributed by atoms with Gasteiger partial charge >= 0.3 is 0 Å². The van der Waals surface area contributed by atoms with E-state index in [0.29, 0.717) is 22.2 Å². The summed E-state index contributed by atoms with van der Waals surface area (Å²) in [6.07, 6.45) is 1.55. The fraction of sp³-hybridized carbons (Fsp3) is 0.143. The van der Waals surface area contributed by atoms with E-state index in [4.69, 9.17) is 16.0 Å². The molecule has 2 N–H and O–H groups in total. The SMILES string of the molecule is C/C(=N/NC(=O)CNc1ccccc1Cl)c1ccco1. The van der Waals surface area contributed by atoms with Gasteiger partial charge in [0.1, 0.15) is 11.5 Å². The van der Waals surface area contributed by atoms with Crippen molar-refractivity contribution in [2.75, 3.05) is 11.9 Å². The van der Waals surface area contributed by atoms with Crippen LogP contribution in [-0.4, -0.2) is 18.2 Å². The van der Waals surface area contributed by atoms with E-state index in [1.807, 2.05) is 12.1 Å². The number of benzene rings is 1. The maximum Gasteiger partial charge on any atom is 0.259 e. The molecule has 2 aromatic rings. The molecule has 0 spiro atoms. The van der Waals surface area contributed by atoms with Gasteiger partial charge in [0.05, 0.1) is 23.5 Å². The maximum absolute atomic E-state index is 11.6. The second-order valence-corrected chi connectivity index (χ2v) is 4.45. The highest BCUT2D eigenvalue weighted by Crippen LogP contribution is 2.19. The van der Waals surface area contributed by atoms with Crippen molar-refractivity contribution < 1.29 is 9.21 Å². The lowest BCUT2D eigenvalue weighted by atomic mass is 10.3. The second-order valence-electron chi connectivity index (χ2n) is 4.04. The Morgan fingerprint density at radius 2 is 2.10 bits per heavy atom. The van der Waals surface area contributed by atoms with E-state index < -0.39 is 0 Å². The lowest BCUT2D eigenvalue weighted by molar-refractivity contribution is -0.119. The molecule has 1 aromatic carbocycles. The van der Waals surface area contributed by atoms with Gasteiger partial charge in [-0.1, -0.05) is 23.7 Å². The van der Waals surface area contributed by atoms with Gasteiger partial charge in [-0.2, -0.15) is 5.10 Å². The highest BCUT2D eigenvalue weighted by atomic mass is 35.5. The Hall–Kier alpha value is -2.27. The Kier molecular flexibility index (Phi) is 4.79. The minimum Gasteiger partial charge on any atom is -0.463 e. The van der Waals surface area contributed by atoms with Crippen LogP contribution >= 0.6 is 11.6 Å². The summed E-state index contributed by atoms with van der Waals surface area (Å²) in [7, 11) is 0. The summed E-state index contributed by atoms with van der Waals surface area (Å²) < 4.78 is 5.16. The van der Waals surface area contributed by atoms with Crippen molar-refractivity contribution in [2.45, 2.75) is 6.92 Å². The molecular formula is C14H14ClN3O2. The Morgan fingerprint density at radius 3 is 2.80 bits per heavy atom. The molecule has 1 amide bonds. The quantitative estimate of drug-likeness (QED) is 0.657. The smallest absolute Gasteiger partial charge is 0.259 e. The predicted octanol–water partition coefficient (Wildman–Crippen LogP) is 2.89. The van der Waals surface area contributed by atoms with Crippen LogP contribution in [0.3, 0.4) is 0 Å². The number of nitrogens with zero attached hydrogens (tertiary/aromatic N) is 1. The van der Waals surface area contributed by atoms with Crippen molar-refractivity contribution in [3.05, 3.63) is 53.4 Å². The van der Waals surface area contributed by atoms with E-state index in [1.54, 1.807) is 37.5 Å². The number of carbonyl (C=O) groups is 1. The molecular weight excluding hydrogens is 278 g/mol. The van der Waals surface area contributed by atoms with Gasteiger partial charge < -0.3 is 9.73 Å². The van der Waals surface area contributed by atoms with E-state index in [1.165, 1.54) is 0 Å². The van der Waals surface area contributed by atoms with Crippen LogP contribution in [0.15, 0.2) is 52.2 Å². The lowest BCUT2D eigenvalue weighted by Gasteiger charge is -2.07. The number of carbonyl (C=O) groups excluding carboxylic acids is 1. The Labute approximate surface area is 121 Å². The van der Waals surface area contributed by atoms with Crippen LogP contribution in [0.1, 0.15) is 12.7 Å². The van der Waals surface area contributed by atoms with Gasteiger partial charge in [0.25, 0.3) is 5.91 Å². The van der Waals surface area contributed by atoms with E-state index >= 15 is 0 Å². The molecule has 1 heterocycles. The summed E-state index contributed by atoms with van der Waals surface area (Å²) in [5.74, 6) is 0.347. The average molecular weight is 292 g/mol. The van der Waals surface area contributed by atoms with Crippen LogP contribution < -0.4 is 10.7 Å². The van der Waals surface area contributed by atoms with E-state index in [-0.39, 0.29) is 12.5 Å².